The summed E-state index contributed by atoms with van der Waals surface area (Å²) in [7, 11) is -1.62. The Morgan fingerprint density at radius 1 is 1.47 bits per heavy atom. The Bertz CT molecular complexity index is 470. The van der Waals surface area contributed by atoms with Crippen LogP contribution in [0.2, 0.25) is 0 Å². The van der Waals surface area contributed by atoms with E-state index in [0.29, 0.717) is 18.0 Å². The molecule has 6 heteroatoms. The van der Waals surface area contributed by atoms with Crippen LogP contribution in [0.25, 0.3) is 0 Å². The first kappa shape index (κ1) is 15.0. The van der Waals surface area contributed by atoms with E-state index in [9.17, 15) is 8.42 Å². The molecule has 0 radical (unpaired) electrons. The zero-order valence-corrected chi connectivity index (χ0v) is 12.9. The van der Waals surface area contributed by atoms with E-state index in [0.717, 1.165) is 32.1 Å². The van der Waals surface area contributed by atoms with Crippen molar-refractivity contribution < 1.29 is 13.2 Å². The summed E-state index contributed by atoms with van der Waals surface area (Å²) in [6.45, 7) is 1.35. The maximum Gasteiger partial charge on any atom is 0.244 e. The summed E-state index contributed by atoms with van der Waals surface area (Å²) in [5, 5.41) is 3.53. The van der Waals surface area contributed by atoms with E-state index in [1.807, 2.05) is 5.38 Å². The molecule has 0 N–H and O–H groups in total. The van der Waals surface area contributed by atoms with Crippen LogP contribution in [0.4, 0.5) is 0 Å². The van der Waals surface area contributed by atoms with Gasteiger partial charge in [0, 0.05) is 31.7 Å². The predicted molar refractivity (Wildman–Crippen MR) is 77.0 cm³/mol. The molecule has 1 aliphatic rings. The minimum absolute atomic E-state index is 0.133. The highest BCUT2D eigenvalue weighted by atomic mass is 32.2. The fraction of sp³-hybridized carbons (Fsp3) is 0.692. The van der Waals surface area contributed by atoms with Crippen LogP contribution in [0.1, 0.15) is 32.1 Å². The summed E-state index contributed by atoms with van der Waals surface area (Å²) in [5.41, 5.74) is 0. The first-order valence-electron chi connectivity index (χ1n) is 6.69. The molecule has 1 aromatic heterocycles. The first-order chi connectivity index (χ1) is 9.16. The number of ether oxygens (including phenoxy) is 1. The smallest absolute Gasteiger partial charge is 0.244 e. The average molecular weight is 303 g/mol. The van der Waals surface area contributed by atoms with E-state index in [2.05, 4.69) is 0 Å². The van der Waals surface area contributed by atoms with Crippen molar-refractivity contribution in [2.45, 2.75) is 43.0 Å². The molecule has 1 atom stereocenters. The maximum absolute atomic E-state index is 12.6. The highest BCUT2D eigenvalue weighted by molar-refractivity contribution is 7.89. The number of sulfonamides is 1. The van der Waals surface area contributed by atoms with Crippen molar-refractivity contribution in [2.75, 3.05) is 20.3 Å². The van der Waals surface area contributed by atoms with Crippen LogP contribution in [0.5, 0.6) is 0 Å². The lowest BCUT2D eigenvalue weighted by Crippen LogP contribution is -2.43. The maximum atomic E-state index is 12.6. The van der Waals surface area contributed by atoms with E-state index < -0.39 is 10.0 Å². The van der Waals surface area contributed by atoms with Crippen LogP contribution < -0.4 is 0 Å². The molecule has 0 aliphatic carbocycles. The molecule has 4 nitrogen and oxygen atoms in total. The molecule has 0 amide bonds. The number of nitrogens with zero attached hydrogens (tertiary/aromatic N) is 1. The molecule has 1 fully saturated rings. The Labute approximate surface area is 119 Å². The van der Waals surface area contributed by atoms with Crippen molar-refractivity contribution in [3.63, 3.8) is 0 Å². The van der Waals surface area contributed by atoms with Gasteiger partial charge < -0.3 is 4.74 Å². The minimum Gasteiger partial charge on any atom is -0.385 e. The van der Waals surface area contributed by atoms with Gasteiger partial charge in [0.2, 0.25) is 10.0 Å². The van der Waals surface area contributed by atoms with Crippen molar-refractivity contribution in [3.8, 4) is 0 Å². The minimum atomic E-state index is -3.30. The number of rotatable bonds is 6. The van der Waals surface area contributed by atoms with Crippen molar-refractivity contribution >= 4 is 21.4 Å². The molecule has 1 aliphatic heterocycles. The lowest BCUT2D eigenvalue weighted by molar-refractivity contribution is 0.172. The molecule has 2 rings (SSSR count). The fourth-order valence-electron chi connectivity index (χ4n) is 2.58. The van der Waals surface area contributed by atoms with Crippen molar-refractivity contribution in [2.24, 2.45) is 0 Å². The quantitative estimate of drug-likeness (QED) is 0.759. The molecule has 0 aromatic carbocycles. The van der Waals surface area contributed by atoms with Crippen molar-refractivity contribution in [3.05, 3.63) is 16.8 Å². The summed E-state index contributed by atoms with van der Waals surface area (Å²) >= 11 is 1.43. The number of hydrogen-bond acceptors (Lipinski definition) is 4. The van der Waals surface area contributed by atoms with E-state index in [1.165, 1.54) is 11.3 Å². The summed E-state index contributed by atoms with van der Waals surface area (Å²) in [6.07, 6.45) is 4.85. The lowest BCUT2D eigenvalue weighted by atomic mass is 10.0. The van der Waals surface area contributed by atoms with Gasteiger partial charge in [-0.3, -0.25) is 0 Å². The van der Waals surface area contributed by atoms with E-state index in [4.69, 9.17) is 4.74 Å². The van der Waals surface area contributed by atoms with Gasteiger partial charge in [0.25, 0.3) is 0 Å². The van der Waals surface area contributed by atoms with Gasteiger partial charge >= 0.3 is 0 Å². The van der Waals surface area contributed by atoms with Crippen molar-refractivity contribution in [1.29, 1.82) is 0 Å². The largest absolute Gasteiger partial charge is 0.385 e. The zero-order valence-electron chi connectivity index (χ0n) is 11.2. The predicted octanol–water partition coefficient (Wildman–Crippen LogP) is 2.72. The molecule has 0 saturated carbocycles. The Morgan fingerprint density at radius 2 is 2.32 bits per heavy atom. The monoisotopic (exact) mass is 303 g/mol. The second-order valence-electron chi connectivity index (χ2n) is 4.86. The third-order valence-corrected chi connectivity index (χ3v) is 6.34. The van der Waals surface area contributed by atoms with Crippen molar-refractivity contribution in [1.82, 2.24) is 4.31 Å². The molecule has 0 bridgehead atoms. The third-order valence-electron chi connectivity index (χ3n) is 3.56. The van der Waals surface area contributed by atoms with Crippen LogP contribution in [0.15, 0.2) is 21.7 Å². The Kier molecular flexibility index (Phi) is 5.38. The van der Waals surface area contributed by atoms with E-state index >= 15 is 0 Å². The van der Waals surface area contributed by atoms with Gasteiger partial charge in [0.05, 0.1) is 4.90 Å². The van der Waals surface area contributed by atoms with E-state index in [1.54, 1.807) is 22.9 Å². The van der Waals surface area contributed by atoms with Crippen LogP contribution in [0.3, 0.4) is 0 Å². The second kappa shape index (κ2) is 6.83. The highest BCUT2D eigenvalue weighted by Crippen LogP contribution is 2.28. The molecular weight excluding hydrogens is 282 g/mol. The van der Waals surface area contributed by atoms with Gasteiger partial charge in [-0.25, -0.2) is 8.42 Å². The Hall–Kier alpha value is -0.430. The number of methoxy groups -OCH3 is 1. The van der Waals surface area contributed by atoms with Crippen LogP contribution in [-0.2, 0) is 14.8 Å². The topological polar surface area (TPSA) is 46.6 Å². The van der Waals surface area contributed by atoms with Crippen LogP contribution in [0, 0.1) is 0 Å². The van der Waals surface area contributed by atoms with Gasteiger partial charge in [-0.05, 0) is 37.1 Å². The van der Waals surface area contributed by atoms with Gasteiger partial charge in [-0.2, -0.15) is 15.6 Å². The molecule has 2 heterocycles. The van der Waals surface area contributed by atoms with Crippen LogP contribution in [-0.4, -0.2) is 39.0 Å². The van der Waals surface area contributed by atoms with Gasteiger partial charge in [0.1, 0.15) is 0 Å². The normalized spacial score (nSPS) is 21.6. The first-order valence-corrected chi connectivity index (χ1v) is 9.07. The van der Waals surface area contributed by atoms with Gasteiger partial charge in [-0.1, -0.05) is 6.42 Å². The third kappa shape index (κ3) is 3.56. The summed E-state index contributed by atoms with van der Waals surface area (Å²) in [4.78, 5) is 0.441. The average Bonchev–Trinajstić information content (AvgIpc) is 2.94. The second-order valence-corrected chi connectivity index (χ2v) is 7.53. The lowest BCUT2D eigenvalue weighted by Gasteiger charge is -2.34. The van der Waals surface area contributed by atoms with E-state index in [-0.39, 0.29) is 6.04 Å². The molecule has 19 heavy (non-hydrogen) atoms. The Balaban J connectivity index is 2.10. The highest BCUT2D eigenvalue weighted by Gasteiger charge is 2.33. The standard InChI is InChI=1S/C13H21NO3S2/c1-17-9-4-6-12-5-2-3-8-14(12)19(15,16)13-7-10-18-11-13/h7,10-12H,2-6,8-9H2,1H3. The molecule has 1 aromatic rings. The SMILES string of the molecule is COCCCC1CCCCN1S(=O)(=O)c1ccsc1. The Morgan fingerprint density at radius 3 is 3.00 bits per heavy atom. The summed E-state index contributed by atoms with van der Waals surface area (Å²) < 4.78 is 31.9. The molecule has 1 saturated heterocycles. The zero-order chi connectivity index (χ0) is 13.7. The summed E-state index contributed by atoms with van der Waals surface area (Å²) in [6, 6.07) is 1.83. The van der Waals surface area contributed by atoms with Gasteiger partial charge in [0.15, 0.2) is 0 Å². The number of thiophene rings is 1. The molecule has 108 valence electrons. The summed E-state index contributed by atoms with van der Waals surface area (Å²) in [5.74, 6) is 0. The van der Waals surface area contributed by atoms with Crippen LogP contribution >= 0.6 is 11.3 Å². The fourth-order valence-corrected chi connectivity index (χ4v) is 5.32. The molecular formula is C13H21NO3S2. The molecule has 0 spiro atoms. The number of piperidine rings is 1. The number of hydrogen-bond donors (Lipinski definition) is 0. The van der Waals surface area contributed by atoms with Gasteiger partial charge in [-0.15, -0.1) is 0 Å². The molecule has 1 unspecified atom stereocenters.